The van der Waals surface area contributed by atoms with Crippen LogP contribution in [0.4, 0.5) is 5.69 Å². The summed E-state index contributed by atoms with van der Waals surface area (Å²) in [7, 11) is 1.61. The Morgan fingerprint density at radius 1 is 1.50 bits per heavy atom. The number of nitrogens with two attached hydrogens (primary N) is 1. The van der Waals surface area contributed by atoms with Gasteiger partial charge in [-0.05, 0) is 43.4 Å². The zero-order chi connectivity index (χ0) is 13.1. The number of rotatable bonds is 3. The predicted octanol–water partition coefficient (Wildman–Crippen LogP) is 1.95. The number of benzene rings is 1. The molecule has 4 nitrogen and oxygen atoms in total. The molecule has 1 unspecified atom stereocenters. The summed E-state index contributed by atoms with van der Waals surface area (Å²) in [5, 5.41) is 0. The van der Waals surface area contributed by atoms with Crippen molar-refractivity contribution in [2.24, 2.45) is 5.92 Å². The van der Waals surface area contributed by atoms with Crippen LogP contribution in [0.1, 0.15) is 24.5 Å². The number of hydrogen-bond acceptors (Lipinski definition) is 4. The Kier molecular flexibility index (Phi) is 3.75. The van der Waals surface area contributed by atoms with Crippen molar-refractivity contribution < 1.29 is 14.3 Å². The van der Waals surface area contributed by atoms with Gasteiger partial charge in [-0.25, -0.2) is 0 Å². The fourth-order valence-electron chi connectivity index (χ4n) is 2.50. The zero-order valence-corrected chi connectivity index (χ0v) is 10.9. The molecule has 0 amide bonds. The van der Waals surface area contributed by atoms with E-state index in [0.29, 0.717) is 24.5 Å². The maximum absolute atomic E-state index is 11.7. The Bertz CT molecular complexity index is 457. The van der Waals surface area contributed by atoms with Gasteiger partial charge in [0, 0.05) is 0 Å². The molecule has 1 aliphatic rings. The summed E-state index contributed by atoms with van der Waals surface area (Å²) in [5.74, 6) is 0.575. The summed E-state index contributed by atoms with van der Waals surface area (Å²) in [4.78, 5) is 11.7. The van der Waals surface area contributed by atoms with E-state index < -0.39 is 0 Å². The first-order valence-electron chi connectivity index (χ1n) is 6.28. The van der Waals surface area contributed by atoms with Gasteiger partial charge in [-0.2, -0.15) is 0 Å². The summed E-state index contributed by atoms with van der Waals surface area (Å²) in [6, 6.07) is 3.86. The fraction of sp³-hybridized carbons (Fsp3) is 0.500. The van der Waals surface area contributed by atoms with Gasteiger partial charge >= 0.3 is 5.97 Å². The molecule has 0 aromatic heterocycles. The van der Waals surface area contributed by atoms with Gasteiger partial charge in [0.25, 0.3) is 0 Å². The lowest BCUT2D eigenvalue weighted by atomic mass is 9.83. The molecular formula is C14H19NO3. The molecule has 0 aliphatic heterocycles. The van der Waals surface area contributed by atoms with Crippen LogP contribution < -0.4 is 10.5 Å². The smallest absolute Gasteiger partial charge is 0.309 e. The second-order valence-corrected chi connectivity index (χ2v) is 4.51. The highest BCUT2D eigenvalue weighted by atomic mass is 16.5. The molecule has 0 saturated heterocycles. The SMILES string of the molecule is CCOC(=O)C1CCc2c(ccc(OC)c2N)C1. The lowest BCUT2D eigenvalue weighted by molar-refractivity contribution is -0.148. The van der Waals surface area contributed by atoms with Crippen LogP contribution in [0.15, 0.2) is 12.1 Å². The van der Waals surface area contributed by atoms with Crippen LogP contribution in [0.5, 0.6) is 5.75 Å². The minimum Gasteiger partial charge on any atom is -0.495 e. The van der Waals surface area contributed by atoms with Gasteiger partial charge in [-0.1, -0.05) is 6.07 Å². The first kappa shape index (κ1) is 12.7. The third-order valence-electron chi connectivity index (χ3n) is 3.46. The number of carbonyl (C=O) groups is 1. The average molecular weight is 249 g/mol. The highest BCUT2D eigenvalue weighted by Crippen LogP contribution is 2.35. The van der Waals surface area contributed by atoms with Crippen molar-refractivity contribution in [2.75, 3.05) is 19.5 Å². The maximum Gasteiger partial charge on any atom is 0.309 e. The lowest BCUT2D eigenvalue weighted by Crippen LogP contribution is -2.25. The van der Waals surface area contributed by atoms with Crippen LogP contribution in [-0.2, 0) is 22.4 Å². The van der Waals surface area contributed by atoms with Crippen molar-refractivity contribution in [2.45, 2.75) is 26.2 Å². The second-order valence-electron chi connectivity index (χ2n) is 4.51. The molecule has 1 aromatic rings. The first-order valence-corrected chi connectivity index (χ1v) is 6.28. The van der Waals surface area contributed by atoms with Crippen LogP contribution in [0, 0.1) is 5.92 Å². The van der Waals surface area contributed by atoms with E-state index in [1.54, 1.807) is 7.11 Å². The number of fused-ring (bicyclic) bond motifs is 1. The minimum absolute atomic E-state index is 0.0368. The number of methoxy groups -OCH3 is 1. The second kappa shape index (κ2) is 5.29. The Hall–Kier alpha value is -1.71. The molecule has 0 radical (unpaired) electrons. The van der Waals surface area contributed by atoms with E-state index in [2.05, 4.69) is 0 Å². The summed E-state index contributed by atoms with van der Waals surface area (Å²) in [6.07, 6.45) is 2.31. The third-order valence-corrected chi connectivity index (χ3v) is 3.46. The van der Waals surface area contributed by atoms with E-state index in [0.717, 1.165) is 24.0 Å². The van der Waals surface area contributed by atoms with Gasteiger partial charge in [0.15, 0.2) is 0 Å². The number of ether oxygens (including phenoxy) is 2. The summed E-state index contributed by atoms with van der Waals surface area (Å²) in [5.41, 5.74) is 9.02. The number of esters is 1. The number of anilines is 1. The molecule has 1 aliphatic carbocycles. The molecule has 0 spiro atoms. The van der Waals surface area contributed by atoms with Crippen molar-refractivity contribution in [1.29, 1.82) is 0 Å². The molecule has 1 aromatic carbocycles. The molecule has 4 heteroatoms. The van der Waals surface area contributed by atoms with E-state index in [9.17, 15) is 4.79 Å². The van der Waals surface area contributed by atoms with Crippen LogP contribution in [0.2, 0.25) is 0 Å². The van der Waals surface area contributed by atoms with Gasteiger partial charge < -0.3 is 15.2 Å². The standard InChI is InChI=1S/C14H19NO3/c1-3-18-14(16)10-4-6-11-9(8-10)5-7-12(17-2)13(11)15/h5,7,10H,3-4,6,8,15H2,1-2H3. The Morgan fingerprint density at radius 3 is 2.94 bits per heavy atom. The third kappa shape index (κ3) is 2.28. The lowest BCUT2D eigenvalue weighted by Gasteiger charge is -2.25. The van der Waals surface area contributed by atoms with Crippen molar-refractivity contribution in [3.8, 4) is 5.75 Å². The van der Waals surface area contributed by atoms with E-state index in [1.165, 1.54) is 0 Å². The quantitative estimate of drug-likeness (QED) is 0.657. The minimum atomic E-state index is -0.0995. The summed E-state index contributed by atoms with van der Waals surface area (Å²) in [6.45, 7) is 2.27. The molecule has 98 valence electrons. The first-order chi connectivity index (χ1) is 8.67. The van der Waals surface area contributed by atoms with E-state index in [-0.39, 0.29) is 11.9 Å². The topological polar surface area (TPSA) is 61.5 Å². The van der Waals surface area contributed by atoms with Crippen LogP contribution in [-0.4, -0.2) is 19.7 Å². The average Bonchev–Trinajstić information content (AvgIpc) is 2.39. The molecule has 18 heavy (non-hydrogen) atoms. The van der Waals surface area contributed by atoms with Crippen molar-refractivity contribution in [1.82, 2.24) is 0 Å². The fourth-order valence-corrected chi connectivity index (χ4v) is 2.50. The molecule has 0 saturated carbocycles. The maximum atomic E-state index is 11.7. The largest absolute Gasteiger partial charge is 0.495 e. The van der Waals surface area contributed by atoms with Gasteiger partial charge in [0.2, 0.25) is 0 Å². The normalized spacial score (nSPS) is 18.0. The van der Waals surface area contributed by atoms with Crippen LogP contribution >= 0.6 is 0 Å². The Morgan fingerprint density at radius 2 is 2.28 bits per heavy atom. The number of hydrogen-bond donors (Lipinski definition) is 1. The molecular weight excluding hydrogens is 230 g/mol. The van der Waals surface area contributed by atoms with Gasteiger partial charge in [0.05, 0.1) is 25.3 Å². The van der Waals surface area contributed by atoms with E-state index in [1.807, 2.05) is 19.1 Å². The highest BCUT2D eigenvalue weighted by Gasteiger charge is 2.27. The van der Waals surface area contributed by atoms with E-state index >= 15 is 0 Å². The molecule has 0 fully saturated rings. The Labute approximate surface area is 107 Å². The van der Waals surface area contributed by atoms with Crippen molar-refractivity contribution >= 4 is 11.7 Å². The van der Waals surface area contributed by atoms with Crippen molar-refractivity contribution in [3.05, 3.63) is 23.3 Å². The van der Waals surface area contributed by atoms with Crippen LogP contribution in [0.3, 0.4) is 0 Å². The number of carbonyl (C=O) groups excluding carboxylic acids is 1. The summed E-state index contributed by atoms with van der Waals surface area (Å²) < 4.78 is 10.3. The molecule has 1 atom stereocenters. The summed E-state index contributed by atoms with van der Waals surface area (Å²) >= 11 is 0. The number of nitrogen functional groups attached to an aromatic ring is 1. The van der Waals surface area contributed by atoms with Gasteiger partial charge in [-0.3, -0.25) is 4.79 Å². The predicted molar refractivity (Wildman–Crippen MR) is 69.6 cm³/mol. The van der Waals surface area contributed by atoms with Gasteiger partial charge in [0.1, 0.15) is 5.75 Å². The zero-order valence-electron chi connectivity index (χ0n) is 10.9. The molecule has 0 bridgehead atoms. The molecule has 0 heterocycles. The monoisotopic (exact) mass is 249 g/mol. The highest BCUT2D eigenvalue weighted by molar-refractivity contribution is 5.74. The van der Waals surface area contributed by atoms with Crippen LogP contribution in [0.25, 0.3) is 0 Å². The van der Waals surface area contributed by atoms with Crippen molar-refractivity contribution in [3.63, 3.8) is 0 Å². The van der Waals surface area contributed by atoms with E-state index in [4.69, 9.17) is 15.2 Å². The van der Waals surface area contributed by atoms with Gasteiger partial charge in [-0.15, -0.1) is 0 Å². The Balaban J connectivity index is 2.21. The molecule has 2 rings (SSSR count). The molecule has 2 N–H and O–H groups in total.